The second-order valence-electron chi connectivity index (χ2n) is 8.27. The smallest absolute Gasteiger partial charge is 0.271 e. The molecule has 1 aliphatic heterocycles. The van der Waals surface area contributed by atoms with Crippen molar-refractivity contribution in [3.63, 3.8) is 0 Å². The van der Waals surface area contributed by atoms with Gasteiger partial charge in [-0.15, -0.1) is 11.3 Å². The summed E-state index contributed by atoms with van der Waals surface area (Å²) in [5, 5.41) is 13.1. The highest BCUT2D eigenvalue weighted by Gasteiger charge is 2.27. The number of fused-ring (bicyclic) bond motifs is 1. The molecule has 35 heavy (non-hydrogen) atoms. The first-order valence-electron chi connectivity index (χ1n) is 11.0. The highest BCUT2D eigenvalue weighted by Crippen LogP contribution is 2.32. The number of hydrogen-bond acceptors (Lipinski definition) is 5. The molecule has 2 aromatic carbocycles. The summed E-state index contributed by atoms with van der Waals surface area (Å²) < 4.78 is 14.9. The summed E-state index contributed by atoms with van der Waals surface area (Å²) in [7, 11) is 0. The van der Waals surface area contributed by atoms with Gasteiger partial charge in [0.2, 0.25) is 0 Å². The van der Waals surface area contributed by atoms with Crippen LogP contribution in [0.1, 0.15) is 20.8 Å². The van der Waals surface area contributed by atoms with E-state index in [0.717, 1.165) is 5.56 Å². The monoisotopic (exact) mass is 506 g/mol. The Labute approximate surface area is 210 Å². The molecule has 0 aliphatic carbocycles. The van der Waals surface area contributed by atoms with Crippen LogP contribution in [0.5, 0.6) is 0 Å². The maximum atomic E-state index is 13.5. The Kier molecular flexibility index (Phi) is 6.29. The zero-order valence-corrected chi connectivity index (χ0v) is 20.2. The average molecular weight is 507 g/mol. The number of amides is 1. The molecule has 1 saturated heterocycles. The van der Waals surface area contributed by atoms with Gasteiger partial charge in [0.05, 0.1) is 22.6 Å². The number of carbonyl (C=O) groups excluding carboxylic acids is 1. The van der Waals surface area contributed by atoms with Crippen LogP contribution in [0.25, 0.3) is 10.9 Å². The number of aromatic nitrogens is 1. The molecule has 176 valence electrons. The first-order valence-corrected chi connectivity index (χ1v) is 12.3. The summed E-state index contributed by atoms with van der Waals surface area (Å²) in [6, 6.07) is 16.9. The number of hydrogen-bond donors (Lipinski definition) is 0. The van der Waals surface area contributed by atoms with Crippen molar-refractivity contribution in [2.75, 3.05) is 31.1 Å². The summed E-state index contributed by atoms with van der Waals surface area (Å²) >= 11 is 7.74. The minimum absolute atomic E-state index is 0.0113. The topological polar surface area (TPSA) is 69.3 Å². The fourth-order valence-electron chi connectivity index (χ4n) is 4.46. The predicted molar refractivity (Wildman–Crippen MR) is 136 cm³/mol. The van der Waals surface area contributed by atoms with Crippen molar-refractivity contribution in [2.45, 2.75) is 6.54 Å². The minimum Gasteiger partial charge on any atom is -0.366 e. The van der Waals surface area contributed by atoms with Crippen molar-refractivity contribution in [3.05, 3.63) is 97.2 Å². The first kappa shape index (κ1) is 23.1. The number of pyridine rings is 1. The van der Waals surface area contributed by atoms with Crippen LogP contribution in [-0.2, 0) is 6.54 Å². The molecule has 0 N–H and O–H groups in total. The molecule has 0 radical (unpaired) electrons. The van der Waals surface area contributed by atoms with Crippen molar-refractivity contribution < 1.29 is 9.18 Å². The van der Waals surface area contributed by atoms with E-state index >= 15 is 0 Å². The second-order valence-corrected chi connectivity index (χ2v) is 9.66. The van der Waals surface area contributed by atoms with Gasteiger partial charge in [0.1, 0.15) is 17.4 Å². The molecule has 1 amide bonds. The van der Waals surface area contributed by atoms with E-state index in [0.29, 0.717) is 52.7 Å². The van der Waals surface area contributed by atoms with E-state index in [9.17, 15) is 19.2 Å². The lowest BCUT2D eigenvalue weighted by Crippen LogP contribution is -2.49. The van der Waals surface area contributed by atoms with Crippen LogP contribution >= 0.6 is 22.9 Å². The summed E-state index contributed by atoms with van der Waals surface area (Å²) in [6.45, 7) is 2.10. The summed E-state index contributed by atoms with van der Waals surface area (Å²) in [5.74, 6) is -0.370. The van der Waals surface area contributed by atoms with Crippen LogP contribution in [0.3, 0.4) is 0 Å². The molecule has 5 rings (SSSR count). The van der Waals surface area contributed by atoms with E-state index in [1.165, 1.54) is 28.0 Å². The summed E-state index contributed by atoms with van der Waals surface area (Å²) in [5.41, 5.74) is 1.52. The van der Waals surface area contributed by atoms with Crippen LogP contribution in [-0.4, -0.2) is 41.6 Å². The first-order chi connectivity index (χ1) is 17.0. The lowest BCUT2D eigenvalue weighted by molar-refractivity contribution is 0.0751. The second kappa shape index (κ2) is 9.53. The fraction of sp³-hybridized carbons (Fsp3) is 0.192. The number of thiophene rings is 1. The normalized spacial score (nSPS) is 13.7. The van der Waals surface area contributed by atoms with Gasteiger partial charge in [-0.05, 0) is 47.3 Å². The molecule has 2 aromatic heterocycles. The number of carbonyl (C=O) groups is 1. The highest BCUT2D eigenvalue weighted by atomic mass is 35.5. The highest BCUT2D eigenvalue weighted by molar-refractivity contribution is 7.12. The Bertz CT molecular complexity index is 1500. The van der Waals surface area contributed by atoms with Gasteiger partial charge in [-0.1, -0.05) is 29.8 Å². The average Bonchev–Trinajstić information content (AvgIpc) is 3.41. The van der Waals surface area contributed by atoms with E-state index < -0.39 is 5.56 Å². The number of rotatable bonds is 4. The van der Waals surface area contributed by atoms with Crippen LogP contribution < -0.4 is 10.5 Å². The van der Waals surface area contributed by atoms with Crippen LogP contribution in [0, 0.1) is 17.1 Å². The van der Waals surface area contributed by atoms with Gasteiger partial charge in [0.15, 0.2) is 0 Å². The molecule has 0 saturated carbocycles. The van der Waals surface area contributed by atoms with E-state index in [1.54, 1.807) is 35.2 Å². The standard InChI is InChI=1S/C26H20ClFN4O2S/c27-18-5-8-22-20(14-18)24(30-9-11-31(12-10-30)26(34)23-2-1-13-35-23)21(15-29)25(33)32(22)16-17-3-6-19(28)7-4-17/h1-8,13-14H,9-12,16H2. The van der Waals surface area contributed by atoms with Gasteiger partial charge in [-0.25, -0.2) is 4.39 Å². The Morgan fingerprint density at radius 1 is 1.09 bits per heavy atom. The molecule has 4 aromatic rings. The number of benzene rings is 2. The van der Waals surface area contributed by atoms with Gasteiger partial charge in [-0.3, -0.25) is 9.59 Å². The predicted octanol–water partition coefficient (Wildman–Crippen LogP) is 4.74. The third kappa shape index (κ3) is 4.41. The van der Waals surface area contributed by atoms with Crippen LogP contribution in [0.15, 0.2) is 64.8 Å². The van der Waals surface area contributed by atoms with Crippen molar-refractivity contribution in [1.29, 1.82) is 5.26 Å². The molecule has 1 fully saturated rings. The zero-order chi connectivity index (χ0) is 24.5. The van der Waals surface area contributed by atoms with Crippen molar-refractivity contribution >= 4 is 45.4 Å². The van der Waals surface area contributed by atoms with Crippen LogP contribution in [0.2, 0.25) is 5.02 Å². The Morgan fingerprint density at radius 3 is 2.49 bits per heavy atom. The molecule has 1 aliphatic rings. The third-order valence-corrected chi connectivity index (χ3v) is 7.27. The van der Waals surface area contributed by atoms with E-state index in [2.05, 4.69) is 6.07 Å². The number of nitriles is 1. The largest absolute Gasteiger partial charge is 0.366 e. The van der Waals surface area contributed by atoms with E-state index in [4.69, 9.17) is 11.6 Å². The zero-order valence-electron chi connectivity index (χ0n) is 18.6. The van der Waals surface area contributed by atoms with E-state index in [-0.39, 0.29) is 23.8 Å². The van der Waals surface area contributed by atoms with Gasteiger partial charge in [-0.2, -0.15) is 5.26 Å². The molecular weight excluding hydrogens is 487 g/mol. The number of piperazine rings is 1. The molecule has 3 heterocycles. The summed E-state index contributed by atoms with van der Waals surface area (Å²) in [6.07, 6.45) is 0. The molecule has 6 nitrogen and oxygen atoms in total. The Morgan fingerprint density at radius 2 is 1.83 bits per heavy atom. The lowest BCUT2D eigenvalue weighted by Gasteiger charge is -2.37. The molecular formula is C26H20ClFN4O2S. The van der Waals surface area contributed by atoms with Gasteiger partial charge < -0.3 is 14.4 Å². The minimum atomic E-state index is -0.418. The van der Waals surface area contributed by atoms with Crippen molar-refractivity contribution in [3.8, 4) is 6.07 Å². The molecule has 0 unspecified atom stereocenters. The lowest BCUT2D eigenvalue weighted by atomic mass is 10.1. The third-order valence-electron chi connectivity index (χ3n) is 6.18. The number of nitrogens with zero attached hydrogens (tertiary/aromatic N) is 4. The van der Waals surface area contributed by atoms with Gasteiger partial charge in [0.25, 0.3) is 11.5 Å². The van der Waals surface area contributed by atoms with Crippen LogP contribution in [0.4, 0.5) is 10.1 Å². The Balaban J connectivity index is 1.54. The molecule has 0 atom stereocenters. The summed E-state index contributed by atoms with van der Waals surface area (Å²) in [4.78, 5) is 30.7. The van der Waals surface area contributed by atoms with Gasteiger partial charge in [0, 0.05) is 36.6 Å². The van der Waals surface area contributed by atoms with E-state index in [1.807, 2.05) is 22.4 Å². The SMILES string of the molecule is N#Cc1c(N2CCN(C(=O)c3cccs3)CC2)c2cc(Cl)ccc2n(Cc2ccc(F)cc2)c1=O. The quantitative estimate of drug-likeness (QED) is 0.401. The molecule has 0 spiro atoms. The Hall–Kier alpha value is -3.67. The number of halogens is 2. The maximum Gasteiger partial charge on any atom is 0.271 e. The van der Waals surface area contributed by atoms with Gasteiger partial charge >= 0.3 is 0 Å². The number of anilines is 1. The molecule has 9 heteroatoms. The van der Waals surface area contributed by atoms with Crippen molar-refractivity contribution in [1.82, 2.24) is 9.47 Å². The van der Waals surface area contributed by atoms with Crippen molar-refractivity contribution in [2.24, 2.45) is 0 Å². The maximum absolute atomic E-state index is 13.5. The fourth-order valence-corrected chi connectivity index (χ4v) is 5.32. The molecule has 0 bridgehead atoms.